The van der Waals surface area contributed by atoms with Gasteiger partial charge in [-0.05, 0) is 19.1 Å². The van der Waals surface area contributed by atoms with Gasteiger partial charge in [-0.2, -0.15) is 0 Å². The Balaban J connectivity index is 2.03. The molecule has 1 aromatic carbocycles. The number of hydrogen-bond acceptors (Lipinski definition) is 3. The van der Waals surface area contributed by atoms with E-state index < -0.39 is 0 Å². The summed E-state index contributed by atoms with van der Waals surface area (Å²) >= 11 is 7.13. The van der Waals surface area contributed by atoms with E-state index in [2.05, 4.69) is 72.9 Å². The first-order valence-corrected chi connectivity index (χ1v) is 8.60. The van der Waals surface area contributed by atoms with Crippen molar-refractivity contribution in [3.05, 3.63) is 34.9 Å². The SMILES string of the molecule is CC1CN(c2nccc3c(Br)cccc23)CC(CBr)O1. The number of nitrogens with zero attached hydrogens (tertiary/aromatic N) is 2. The summed E-state index contributed by atoms with van der Waals surface area (Å²) in [5.74, 6) is 1.05. The maximum atomic E-state index is 5.90. The van der Waals surface area contributed by atoms with Crippen molar-refractivity contribution in [2.75, 3.05) is 23.3 Å². The summed E-state index contributed by atoms with van der Waals surface area (Å²) < 4.78 is 7.01. The molecular weight excluding hydrogens is 384 g/mol. The third-order valence-corrected chi connectivity index (χ3v) is 4.94. The first-order valence-electron chi connectivity index (χ1n) is 6.68. The number of fused-ring (bicyclic) bond motifs is 1. The number of halogens is 2. The molecule has 1 aliphatic heterocycles. The summed E-state index contributed by atoms with van der Waals surface area (Å²) in [5, 5.41) is 3.23. The van der Waals surface area contributed by atoms with Gasteiger partial charge in [-0.3, -0.25) is 0 Å². The summed E-state index contributed by atoms with van der Waals surface area (Å²) in [6.45, 7) is 3.86. The lowest BCUT2D eigenvalue weighted by molar-refractivity contribution is -0.00213. The normalized spacial score (nSPS) is 23.2. The molecule has 1 saturated heterocycles. The zero-order valence-corrected chi connectivity index (χ0v) is 14.4. The average molecular weight is 400 g/mol. The number of ether oxygens (including phenoxy) is 1. The molecule has 0 saturated carbocycles. The summed E-state index contributed by atoms with van der Waals surface area (Å²) in [6, 6.07) is 8.30. The van der Waals surface area contributed by atoms with E-state index in [9.17, 15) is 0 Å². The van der Waals surface area contributed by atoms with Crippen molar-refractivity contribution in [3.8, 4) is 0 Å². The van der Waals surface area contributed by atoms with Crippen molar-refractivity contribution in [1.29, 1.82) is 0 Å². The van der Waals surface area contributed by atoms with Crippen LogP contribution in [0, 0.1) is 0 Å². The topological polar surface area (TPSA) is 25.4 Å². The van der Waals surface area contributed by atoms with Gasteiger partial charge in [0.15, 0.2) is 0 Å². The molecular formula is C15H16Br2N2O. The number of rotatable bonds is 2. The number of alkyl halides is 1. The summed E-state index contributed by atoms with van der Waals surface area (Å²) in [6.07, 6.45) is 2.31. The molecule has 0 radical (unpaired) electrons. The monoisotopic (exact) mass is 398 g/mol. The van der Waals surface area contributed by atoms with Crippen molar-refractivity contribution in [3.63, 3.8) is 0 Å². The first-order chi connectivity index (χ1) is 9.69. The molecule has 3 rings (SSSR count). The lowest BCUT2D eigenvalue weighted by atomic mass is 10.1. The van der Waals surface area contributed by atoms with Crippen LogP contribution in [0.1, 0.15) is 6.92 Å². The molecule has 5 heteroatoms. The Morgan fingerprint density at radius 3 is 2.95 bits per heavy atom. The Bertz CT molecular complexity index is 620. The van der Waals surface area contributed by atoms with Crippen molar-refractivity contribution in [2.45, 2.75) is 19.1 Å². The Hall–Kier alpha value is -0.650. The molecule has 20 heavy (non-hydrogen) atoms. The molecule has 0 aliphatic carbocycles. The molecule has 0 bridgehead atoms. The Kier molecular flexibility index (Phi) is 4.29. The Morgan fingerprint density at radius 2 is 2.15 bits per heavy atom. The minimum Gasteiger partial charge on any atom is -0.371 e. The third-order valence-electron chi connectivity index (χ3n) is 3.53. The number of benzene rings is 1. The Morgan fingerprint density at radius 1 is 1.30 bits per heavy atom. The van der Waals surface area contributed by atoms with Gasteiger partial charge in [0, 0.05) is 39.9 Å². The second-order valence-electron chi connectivity index (χ2n) is 5.10. The van der Waals surface area contributed by atoms with E-state index in [0.29, 0.717) is 0 Å². The first kappa shape index (κ1) is 14.3. The minimum absolute atomic E-state index is 0.211. The minimum atomic E-state index is 0.211. The molecule has 1 fully saturated rings. The maximum Gasteiger partial charge on any atom is 0.136 e. The molecule has 1 aromatic heterocycles. The van der Waals surface area contributed by atoms with E-state index in [-0.39, 0.29) is 12.2 Å². The number of pyridine rings is 1. The smallest absolute Gasteiger partial charge is 0.136 e. The van der Waals surface area contributed by atoms with Gasteiger partial charge in [0.1, 0.15) is 5.82 Å². The fourth-order valence-corrected chi connectivity index (χ4v) is 3.56. The predicted octanol–water partition coefficient (Wildman–Crippen LogP) is 3.99. The van der Waals surface area contributed by atoms with Gasteiger partial charge in [-0.15, -0.1) is 0 Å². The van der Waals surface area contributed by atoms with Crippen LogP contribution in [0.3, 0.4) is 0 Å². The highest BCUT2D eigenvalue weighted by Crippen LogP contribution is 2.31. The highest BCUT2D eigenvalue weighted by Gasteiger charge is 2.26. The van der Waals surface area contributed by atoms with E-state index in [4.69, 9.17) is 4.74 Å². The highest BCUT2D eigenvalue weighted by atomic mass is 79.9. The predicted molar refractivity (Wildman–Crippen MR) is 89.8 cm³/mol. The lowest BCUT2D eigenvalue weighted by Crippen LogP contribution is -2.47. The van der Waals surface area contributed by atoms with E-state index in [0.717, 1.165) is 28.7 Å². The van der Waals surface area contributed by atoms with Crippen LogP contribution >= 0.6 is 31.9 Å². The van der Waals surface area contributed by atoms with Crippen molar-refractivity contribution in [2.24, 2.45) is 0 Å². The fraction of sp³-hybridized carbons (Fsp3) is 0.400. The molecule has 2 heterocycles. The van der Waals surface area contributed by atoms with Gasteiger partial charge in [0.05, 0.1) is 12.2 Å². The van der Waals surface area contributed by atoms with E-state index in [1.165, 1.54) is 10.8 Å². The summed E-state index contributed by atoms with van der Waals surface area (Å²) in [4.78, 5) is 6.94. The zero-order chi connectivity index (χ0) is 14.1. The number of morpholine rings is 1. The van der Waals surface area contributed by atoms with Gasteiger partial charge in [-0.1, -0.05) is 44.0 Å². The molecule has 2 aromatic rings. The summed E-state index contributed by atoms with van der Waals surface area (Å²) in [5.41, 5.74) is 0. The molecule has 0 spiro atoms. The van der Waals surface area contributed by atoms with Crippen molar-refractivity contribution < 1.29 is 4.74 Å². The quantitative estimate of drug-likeness (QED) is 0.714. The zero-order valence-electron chi connectivity index (χ0n) is 11.2. The molecule has 3 nitrogen and oxygen atoms in total. The fourth-order valence-electron chi connectivity index (χ4n) is 2.71. The largest absolute Gasteiger partial charge is 0.371 e. The van der Waals surface area contributed by atoms with Crippen LogP contribution in [0.15, 0.2) is 34.9 Å². The van der Waals surface area contributed by atoms with Crippen molar-refractivity contribution >= 4 is 48.5 Å². The standard InChI is InChI=1S/C15H16Br2N2O/c1-10-8-19(9-11(7-16)20-10)15-13-3-2-4-14(17)12(13)5-6-18-15/h2-6,10-11H,7-9H2,1H3. The second kappa shape index (κ2) is 6.00. The summed E-state index contributed by atoms with van der Waals surface area (Å²) in [7, 11) is 0. The molecule has 2 atom stereocenters. The molecule has 2 unspecified atom stereocenters. The van der Waals surface area contributed by atoms with Crippen LogP contribution in [0.4, 0.5) is 5.82 Å². The average Bonchev–Trinajstić information content (AvgIpc) is 2.46. The van der Waals surface area contributed by atoms with Crippen LogP contribution in [-0.4, -0.2) is 35.6 Å². The lowest BCUT2D eigenvalue weighted by Gasteiger charge is -2.37. The van der Waals surface area contributed by atoms with E-state index >= 15 is 0 Å². The van der Waals surface area contributed by atoms with Crippen LogP contribution in [-0.2, 0) is 4.74 Å². The number of aromatic nitrogens is 1. The van der Waals surface area contributed by atoms with Crippen LogP contribution in [0.2, 0.25) is 0 Å². The highest BCUT2D eigenvalue weighted by molar-refractivity contribution is 9.10. The van der Waals surface area contributed by atoms with E-state index in [1.807, 2.05) is 6.20 Å². The number of anilines is 1. The van der Waals surface area contributed by atoms with E-state index in [1.54, 1.807) is 0 Å². The third kappa shape index (κ3) is 2.71. The molecule has 1 aliphatic rings. The maximum absolute atomic E-state index is 5.90. The van der Waals surface area contributed by atoms with Crippen molar-refractivity contribution in [1.82, 2.24) is 4.98 Å². The molecule has 0 amide bonds. The van der Waals surface area contributed by atoms with Crippen LogP contribution in [0.5, 0.6) is 0 Å². The second-order valence-corrected chi connectivity index (χ2v) is 6.60. The molecule has 106 valence electrons. The van der Waals surface area contributed by atoms with Gasteiger partial charge < -0.3 is 9.64 Å². The van der Waals surface area contributed by atoms with Gasteiger partial charge in [-0.25, -0.2) is 4.98 Å². The Labute approximate surface area is 135 Å². The van der Waals surface area contributed by atoms with Gasteiger partial charge in [0.25, 0.3) is 0 Å². The van der Waals surface area contributed by atoms with Gasteiger partial charge in [0.2, 0.25) is 0 Å². The van der Waals surface area contributed by atoms with Crippen LogP contribution < -0.4 is 4.90 Å². The van der Waals surface area contributed by atoms with Gasteiger partial charge >= 0.3 is 0 Å². The molecule has 0 N–H and O–H groups in total. The number of hydrogen-bond donors (Lipinski definition) is 0. The van der Waals surface area contributed by atoms with Crippen LogP contribution in [0.25, 0.3) is 10.8 Å².